The van der Waals surface area contributed by atoms with Crippen LogP contribution in [0, 0.1) is 0 Å². The second-order valence-electron chi connectivity index (χ2n) is 11.5. The molecule has 1 N–H and O–H groups in total. The number of benzene rings is 5. The molecule has 2 unspecified atom stereocenters. The summed E-state index contributed by atoms with van der Waals surface area (Å²) >= 11 is 0. The molecule has 5 aromatic carbocycles. The molecule has 44 heavy (non-hydrogen) atoms. The van der Waals surface area contributed by atoms with Gasteiger partial charge in [0.05, 0.1) is 0 Å². The Morgan fingerprint density at radius 1 is 0.727 bits per heavy atom. The first-order valence-corrected chi connectivity index (χ1v) is 15.4. The van der Waals surface area contributed by atoms with Crippen molar-refractivity contribution in [2.24, 2.45) is 0 Å². The highest BCUT2D eigenvalue weighted by Gasteiger charge is 2.24. The summed E-state index contributed by atoms with van der Waals surface area (Å²) in [6.45, 7) is 2.85. The van der Waals surface area contributed by atoms with Gasteiger partial charge in [-0.15, -0.1) is 0 Å². The molecule has 0 fully saturated rings. The Morgan fingerprint density at radius 3 is 2.11 bits per heavy atom. The fraction of sp³-hybridized carbons (Fsp3) is 0.175. The number of aryl methyl sites for hydroxylation is 1. The summed E-state index contributed by atoms with van der Waals surface area (Å²) in [4.78, 5) is 13.7. The number of rotatable bonds is 12. The lowest BCUT2D eigenvalue weighted by molar-refractivity contribution is -0.121. The number of aromatic nitrogens is 1. The summed E-state index contributed by atoms with van der Waals surface area (Å²) < 4.78 is 8.52. The number of carbonyl (C=O) groups excluding carboxylic acids is 1. The largest absolute Gasteiger partial charge is 0.457 e. The highest BCUT2D eigenvalue weighted by atomic mass is 16.5. The molecule has 0 saturated carbocycles. The molecule has 0 saturated heterocycles. The molecule has 0 bridgehead atoms. The van der Waals surface area contributed by atoms with E-state index >= 15 is 0 Å². The van der Waals surface area contributed by atoms with E-state index in [9.17, 15) is 4.79 Å². The minimum Gasteiger partial charge on any atom is -0.457 e. The van der Waals surface area contributed by atoms with E-state index in [4.69, 9.17) is 4.74 Å². The van der Waals surface area contributed by atoms with Crippen LogP contribution >= 0.6 is 0 Å². The fourth-order valence-corrected chi connectivity index (χ4v) is 5.91. The monoisotopic (exact) mass is 578 g/mol. The van der Waals surface area contributed by atoms with E-state index in [1.54, 1.807) is 0 Å². The number of fused-ring (bicyclic) bond motifs is 1. The highest BCUT2D eigenvalue weighted by Crippen LogP contribution is 2.37. The van der Waals surface area contributed by atoms with Crippen molar-refractivity contribution in [1.82, 2.24) is 9.88 Å². The predicted octanol–water partition coefficient (Wildman–Crippen LogP) is 9.14. The zero-order valence-corrected chi connectivity index (χ0v) is 25.1. The molecule has 0 aliphatic rings. The molecule has 4 nitrogen and oxygen atoms in total. The lowest BCUT2D eigenvalue weighted by atomic mass is 9.87. The average Bonchev–Trinajstić information content (AvgIpc) is 3.42. The number of amides is 1. The molecule has 220 valence electrons. The van der Waals surface area contributed by atoms with Crippen molar-refractivity contribution in [3.8, 4) is 11.5 Å². The molecular weight excluding hydrogens is 540 g/mol. The molecule has 1 aromatic heterocycles. The fourth-order valence-electron chi connectivity index (χ4n) is 5.91. The molecule has 0 aliphatic carbocycles. The van der Waals surface area contributed by atoms with Crippen molar-refractivity contribution >= 4 is 16.8 Å². The van der Waals surface area contributed by atoms with E-state index in [1.165, 1.54) is 11.1 Å². The van der Waals surface area contributed by atoms with E-state index in [0.717, 1.165) is 52.9 Å². The molecule has 1 amide bonds. The number of nitrogens with one attached hydrogen (secondary N) is 1. The normalized spacial score (nSPS) is 12.5. The van der Waals surface area contributed by atoms with Gasteiger partial charge in [-0.25, -0.2) is 0 Å². The molecule has 6 rings (SSSR count). The average molecular weight is 579 g/mol. The summed E-state index contributed by atoms with van der Waals surface area (Å²) in [7, 11) is 0. The number of ether oxygens (including phenoxy) is 1. The number of hydrogen-bond acceptors (Lipinski definition) is 2. The van der Waals surface area contributed by atoms with Crippen molar-refractivity contribution in [2.45, 2.75) is 44.7 Å². The molecule has 2 atom stereocenters. The summed E-state index contributed by atoms with van der Waals surface area (Å²) in [6, 6.07) is 47.5. The third-order valence-electron chi connectivity index (χ3n) is 8.14. The van der Waals surface area contributed by atoms with Crippen LogP contribution in [0.4, 0.5) is 0 Å². The van der Waals surface area contributed by atoms with Gasteiger partial charge in [-0.05, 0) is 72.4 Å². The van der Waals surface area contributed by atoms with Crippen molar-refractivity contribution in [2.75, 3.05) is 0 Å². The van der Waals surface area contributed by atoms with Crippen LogP contribution < -0.4 is 10.1 Å². The molecule has 0 aliphatic heterocycles. The molecule has 1 heterocycles. The van der Waals surface area contributed by atoms with Crippen LogP contribution in [-0.2, 0) is 17.8 Å². The third-order valence-corrected chi connectivity index (χ3v) is 8.14. The highest BCUT2D eigenvalue weighted by molar-refractivity contribution is 5.87. The van der Waals surface area contributed by atoms with Crippen LogP contribution in [0.1, 0.15) is 47.9 Å². The smallest absolute Gasteiger partial charge is 0.221 e. The molecule has 4 heteroatoms. The van der Waals surface area contributed by atoms with Crippen LogP contribution in [0.15, 0.2) is 146 Å². The Hall–Kier alpha value is -5.09. The van der Waals surface area contributed by atoms with E-state index in [1.807, 2.05) is 54.6 Å². The quantitative estimate of drug-likeness (QED) is 0.157. The van der Waals surface area contributed by atoms with Crippen LogP contribution in [-0.4, -0.2) is 16.5 Å². The Morgan fingerprint density at radius 2 is 1.36 bits per heavy atom. The van der Waals surface area contributed by atoms with Gasteiger partial charge in [0.2, 0.25) is 5.91 Å². The van der Waals surface area contributed by atoms with Gasteiger partial charge in [0, 0.05) is 42.0 Å². The Kier molecular flexibility index (Phi) is 9.18. The van der Waals surface area contributed by atoms with Gasteiger partial charge >= 0.3 is 0 Å². The first-order valence-electron chi connectivity index (χ1n) is 15.4. The topological polar surface area (TPSA) is 43.3 Å². The van der Waals surface area contributed by atoms with Crippen molar-refractivity contribution in [1.29, 1.82) is 0 Å². The Bertz CT molecular complexity index is 1800. The van der Waals surface area contributed by atoms with Gasteiger partial charge < -0.3 is 14.6 Å². The maximum absolute atomic E-state index is 13.7. The lowest BCUT2D eigenvalue weighted by Gasteiger charge is -2.20. The maximum atomic E-state index is 13.7. The third kappa shape index (κ3) is 7.27. The van der Waals surface area contributed by atoms with Crippen LogP contribution in [0.25, 0.3) is 10.9 Å². The first kappa shape index (κ1) is 29.0. The van der Waals surface area contributed by atoms with Crippen molar-refractivity contribution in [3.05, 3.63) is 168 Å². The summed E-state index contributed by atoms with van der Waals surface area (Å²) in [5.74, 6) is 1.43. The zero-order chi connectivity index (χ0) is 30.1. The minimum absolute atomic E-state index is 0.0461. The van der Waals surface area contributed by atoms with Crippen molar-refractivity contribution in [3.63, 3.8) is 0 Å². The second-order valence-corrected chi connectivity index (χ2v) is 11.5. The predicted molar refractivity (Wildman–Crippen MR) is 179 cm³/mol. The van der Waals surface area contributed by atoms with Gasteiger partial charge in [0.25, 0.3) is 0 Å². The van der Waals surface area contributed by atoms with E-state index in [0.29, 0.717) is 6.42 Å². The summed E-state index contributed by atoms with van der Waals surface area (Å²) in [6.07, 6.45) is 4.39. The molecular formula is C40H38N2O2. The van der Waals surface area contributed by atoms with Gasteiger partial charge in [-0.3, -0.25) is 4.79 Å². The minimum atomic E-state index is -0.155. The lowest BCUT2D eigenvalue weighted by Crippen LogP contribution is -2.33. The van der Waals surface area contributed by atoms with E-state index < -0.39 is 0 Å². The van der Waals surface area contributed by atoms with E-state index in [2.05, 4.69) is 108 Å². The van der Waals surface area contributed by atoms with Crippen LogP contribution in [0.3, 0.4) is 0 Å². The Labute approximate surface area is 260 Å². The SMILES string of the molecule is CC(CCc1ccccc1)NC(=O)CC(c1cccc(Oc2ccccc2)c1)c1cn(Cc2ccccc2)c2ccccc12. The maximum Gasteiger partial charge on any atom is 0.221 e. The van der Waals surface area contributed by atoms with Crippen LogP contribution in [0.2, 0.25) is 0 Å². The molecule has 0 radical (unpaired) electrons. The zero-order valence-electron chi connectivity index (χ0n) is 25.1. The molecule has 6 aromatic rings. The first-order chi connectivity index (χ1) is 21.6. The second kappa shape index (κ2) is 13.9. The number of nitrogens with zero attached hydrogens (tertiary/aromatic N) is 1. The van der Waals surface area contributed by atoms with Crippen LogP contribution in [0.5, 0.6) is 11.5 Å². The standard InChI is InChI=1S/C40H38N2O2/c1-30(24-25-31-14-5-2-6-15-31)41-40(43)27-37(33-18-13-21-35(26-33)44-34-19-9-4-10-20-34)38-29-42(28-32-16-7-3-8-17-32)39-23-12-11-22-36(38)39/h2-23,26,29-30,37H,24-25,27-28H2,1H3,(H,41,43). The summed E-state index contributed by atoms with van der Waals surface area (Å²) in [5, 5.41) is 4.45. The Balaban J connectivity index is 1.31. The van der Waals surface area contributed by atoms with Gasteiger partial charge in [-0.1, -0.05) is 109 Å². The van der Waals surface area contributed by atoms with Gasteiger partial charge in [0.1, 0.15) is 11.5 Å². The van der Waals surface area contributed by atoms with Gasteiger partial charge in [-0.2, -0.15) is 0 Å². The van der Waals surface area contributed by atoms with Gasteiger partial charge in [0.15, 0.2) is 0 Å². The number of carbonyl (C=O) groups is 1. The summed E-state index contributed by atoms with van der Waals surface area (Å²) in [5.41, 5.74) is 5.87. The van der Waals surface area contributed by atoms with E-state index in [-0.39, 0.29) is 17.9 Å². The number of hydrogen-bond donors (Lipinski definition) is 1. The molecule has 0 spiro atoms. The number of para-hydroxylation sites is 2. The van der Waals surface area contributed by atoms with Crippen molar-refractivity contribution < 1.29 is 9.53 Å².